The minimum absolute atomic E-state index is 0.0228. The molecule has 0 spiro atoms. The standard InChI is InChI=1S/C30H28FN5O4S/c1-38-13-12-32-17-19-6-8-24(34-18-19)28-16-25-29(41-28)27(10-11-33-25)40-26-9-7-21(15-23(26)31)36-30(37)35-20-4-3-5-22(14-20)39-2/h3-11,14-16,18,32H,12-13,17H2,1-2H3,(H2,35,36,37). The molecule has 2 aromatic carbocycles. The summed E-state index contributed by atoms with van der Waals surface area (Å²) in [4.78, 5) is 22.4. The van der Waals surface area contributed by atoms with Crippen LogP contribution in [-0.2, 0) is 11.3 Å². The lowest BCUT2D eigenvalue weighted by Gasteiger charge is -2.11. The van der Waals surface area contributed by atoms with Gasteiger partial charge in [-0.1, -0.05) is 12.1 Å². The van der Waals surface area contributed by atoms with Crippen LogP contribution in [0, 0.1) is 5.82 Å². The zero-order valence-corrected chi connectivity index (χ0v) is 23.3. The van der Waals surface area contributed by atoms with E-state index in [-0.39, 0.29) is 11.4 Å². The van der Waals surface area contributed by atoms with E-state index in [1.165, 1.54) is 23.5 Å². The maximum atomic E-state index is 15.0. The van der Waals surface area contributed by atoms with E-state index >= 15 is 4.39 Å². The fourth-order valence-electron chi connectivity index (χ4n) is 3.98. The highest BCUT2D eigenvalue weighted by Gasteiger charge is 2.14. The molecule has 0 saturated heterocycles. The van der Waals surface area contributed by atoms with Crippen molar-refractivity contribution in [2.24, 2.45) is 0 Å². The van der Waals surface area contributed by atoms with Gasteiger partial charge in [0.05, 0.1) is 34.5 Å². The largest absolute Gasteiger partial charge is 0.497 e. The van der Waals surface area contributed by atoms with Gasteiger partial charge >= 0.3 is 6.03 Å². The average molecular weight is 574 g/mol. The van der Waals surface area contributed by atoms with Crippen molar-refractivity contribution in [3.63, 3.8) is 0 Å². The van der Waals surface area contributed by atoms with Gasteiger partial charge in [-0.3, -0.25) is 9.97 Å². The molecule has 3 heterocycles. The molecule has 2 amide bonds. The number of benzene rings is 2. The second-order valence-corrected chi connectivity index (χ2v) is 9.97. The Morgan fingerprint density at radius 1 is 0.951 bits per heavy atom. The highest BCUT2D eigenvalue weighted by atomic mass is 32.1. The molecule has 0 aliphatic carbocycles. The first-order valence-corrected chi connectivity index (χ1v) is 13.6. The third kappa shape index (κ3) is 7.14. The topological polar surface area (TPSA) is 107 Å². The summed E-state index contributed by atoms with van der Waals surface area (Å²) in [7, 11) is 3.22. The molecule has 9 nitrogen and oxygen atoms in total. The van der Waals surface area contributed by atoms with E-state index in [1.54, 1.807) is 56.8 Å². The molecule has 0 atom stereocenters. The van der Waals surface area contributed by atoms with Crippen molar-refractivity contribution >= 4 is 39.0 Å². The Morgan fingerprint density at radius 2 is 1.80 bits per heavy atom. The lowest BCUT2D eigenvalue weighted by atomic mass is 10.2. The fourth-order valence-corrected chi connectivity index (χ4v) is 5.02. The maximum Gasteiger partial charge on any atom is 0.323 e. The number of carbonyl (C=O) groups is 1. The van der Waals surface area contributed by atoms with Crippen LogP contribution in [0.4, 0.5) is 20.6 Å². The lowest BCUT2D eigenvalue weighted by Crippen LogP contribution is -2.19. The Morgan fingerprint density at radius 3 is 2.56 bits per heavy atom. The summed E-state index contributed by atoms with van der Waals surface area (Å²) in [6.07, 6.45) is 3.46. The number of anilines is 2. The van der Waals surface area contributed by atoms with Crippen molar-refractivity contribution in [1.29, 1.82) is 0 Å². The van der Waals surface area contributed by atoms with E-state index < -0.39 is 11.8 Å². The highest BCUT2D eigenvalue weighted by molar-refractivity contribution is 7.22. The van der Waals surface area contributed by atoms with Gasteiger partial charge in [0.25, 0.3) is 0 Å². The first kappa shape index (κ1) is 28.0. The number of ether oxygens (including phenoxy) is 3. The minimum atomic E-state index is -0.623. The molecule has 11 heteroatoms. The van der Waals surface area contributed by atoms with Crippen LogP contribution in [0.2, 0.25) is 0 Å². The average Bonchev–Trinajstić information content (AvgIpc) is 3.42. The quantitative estimate of drug-likeness (QED) is 0.151. The van der Waals surface area contributed by atoms with Crippen molar-refractivity contribution in [3.8, 4) is 27.8 Å². The number of methoxy groups -OCH3 is 2. The summed E-state index contributed by atoms with van der Waals surface area (Å²) in [5, 5.41) is 8.61. The van der Waals surface area contributed by atoms with Gasteiger partial charge in [-0.15, -0.1) is 11.3 Å². The molecule has 5 aromatic rings. The summed E-state index contributed by atoms with van der Waals surface area (Å²) in [5.41, 5.74) is 3.42. The summed E-state index contributed by atoms with van der Waals surface area (Å²) in [5.74, 6) is 0.479. The number of thiophene rings is 1. The fraction of sp³-hybridized carbons (Fsp3) is 0.167. The summed E-state index contributed by atoms with van der Waals surface area (Å²) in [6, 6.07) is 18.3. The number of hydrogen-bond donors (Lipinski definition) is 3. The van der Waals surface area contributed by atoms with Gasteiger partial charge in [0.1, 0.15) is 11.5 Å². The van der Waals surface area contributed by atoms with Gasteiger partial charge in [-0.05, 0) is 42.0 Å². The van der Waals surface area contributed by atoms with Crippen LogP contribution in [0.1, 0.15) is 5.56 Å². The second kappa shape index (κ2) is 13.2. The second-order valence-electron chi connectivity index (χ2n) is 8.91. The van der Waals surface area contributed by atoms with E-state index in [0.717, 1.165) is 32.9 Å². The Hall–Kier alpha value is -4.58. The number of amides is 2. The number of urea groups is 1. The number of hydrogen-bond acceptors (Lipinski definition) is 8. The van der Waals surface area contributed by atoms with Crippen LogP contribution >= 0.6 is 11.3 Å². The molecule has 0 bridgehead atoms. The molecule has 0 unspecified atom stereocenters. The molecule has 3 aromatic heterocycles. The van der Waals surface area contributed by atoms with Crippen LogP contribution in [0.15, 0.2) is 79.1 Å². The summed E-state index contributed by atoms with van der Waals surface area (Å²) in [6.45, 7) is 2.12. The smallest absolute Gasteiger partial charge is 0.323 e. The normalized spacial score (nSPS) is 10.9. The first-order chi connectivity index (χ1) is 20.0. The molecule has 0 aliphatic rings. The Bertz CT molecular complexity index is 1640. The van der Waals surface area contributed by atoms with Crippen molar-refractivity contribution < 1.29 is 23.4 Å². The highest BCUT2D eigenvalue weighted by Crippen LogP contribution is 2.39. The zero-order chi connectivity index (χ0) is 28.6. The Balaban J connectivity index is 1.26. The molecule has 5 rings (SSSR count). The minimum Gasteiger partial charge on any atom is -0.497 e. The van der Waals surface area contributed by atoms with Gasteiger partial charge in [-0.2, -0.15) is 0 Å². The zero-order valence-electron chi connectivity index (χ0n) is 22.4. The number of halogens is 1. The molecular formula is C30H28FN5O4S. The number of rotatable bonds is 11. The van der Waals surface area contributed by atoms with E-state index in [1.807, 2.05) is 24.4 Å². The van der Waals surface area contributed by atoms with Gasteiger partial charge in [-0.25, -0.2) is 9.18 Å². The van der Waals surface area contributed by atoms with Crippen LogP contribution in [0.5, 0.6) is 17.2 Å². The van der Waals surface area contributed by atoms with Crippen LogP contribution in [0.25, 0.3) is 20.8 Å². The first-order valence-electron chi connectivity index (χ1n) is 12.8. The number of aromatic nitrogens is 2. The molecule has 0 radical (unpaired) electrons. The molecular weight excluding hydrogens is 545 g/mol. The summed E-state index contributed by atoms with van der Waals surface area (Å²) < 4.78 is 31.9. The number of pyridine rings is 2. The number of nitrogens with zero attached hydrogens (tertiary/aromatic N) is 2. The van der Waals surface area contributed by atoms with Crippen molar-refractivity contribution in [3.05, 3.63) is 90.5 Å². The van der Waals surface area contributed by atoms with E-state index in [0.29, 0.717) is 30.3 Å². The molecule has 210 valence electrons. The predicted octanol–water partition coefficient (Wildman–Crippen LogP) is 6.68. The number of carbonyl (C=O) groups excluding carboxylic acids is 1. The lowest BCUT2D eigenvalue weighted by molar-refractivity contribution is 0.199. The molecule has 3 N–H and O–H groups in total. The van der Waals surface area contributed by atoms with Crippen LogP contribution < -0.4 is 25.4 Å². The molecule has 0 aliphatic heterocycles. The van der Waals surface area contributed by atoms with Crippen LogP contribution in [0.3, 0.4) is 0 Å². The van der Waals surface area contributed by atoms with Crippen LogP contribution in [-0.4, -0.2) is 43.4 Å². The van der Waals surface area contributed by atoms with E-state index in [9.17, 15) is 4.79 Å². The van der Waals surface area contributed by atoms with E-state index in [4.69, 9.17) is 14.2 Å². The van der Waals surface area contributed by atoms with Crippen molar-refractivity contribution in [2.75, 3.05) is 38.0 Å². The Labute approximate surface area is 240 Å². The predicted molar refractivity (Wildman–Crippen MR) is 159 cm³/mol. The molecule has 0 saturated carbocycles. The summed E-state index contributed by atoms with van der Waals surface area (Å²) >= 11 is 1.47. The molecule has 0 fully saturated rings. The van der Waals surface area contributed by atoms with E-state index in [2.05, 4.69) is 25.9 Å². The number of fused-ring (bicyclic) bond motifs is 1. The van der Waals surface area contributed by atoms with Gasteiger partial charge in [0.2, 0.25) is 0 Å². The van der Waals surface area contributed by atoms with Crippen molar-refractivity contribution in [1.82, 2.24) is 15.3 Å². The third-order valence-electron chi connectivity index (χ3n) is 6.00. The number of nitrogens with one attached hydrogen (secondary N) is 3. The van der Waals surface area contributed by atoms with Gasteiger partial charge in [0.15, 0.2) is 11.6 Å². The maximum absolute atomic E-state index is 15.0. The monoisotopic (exact) mass is 573 g/mol. The SMILES string of the molecule is COCCNCc1ccc(-c2cc3nccc(Oc4ccc(NC(=O)Nc5cccc(OC)c5)cc4F)c3s2)nc1. The molecule has 41 heavy (non-hydrogen) atoms. The van der Waals surface area contributed by atoms with Crippen molar-refractivity contribution in [2.45, 2.75) is 6.54 Å². The Kier molecular flexibility index (Phi) is 8.99. The van der Waals surface area contributed by atoms with Gasteiger partial charge < -0.3 is 30.2 Å². The van der Waals surface area contributed by atoms with Gasteiger partial charge in [0, 0.05) is 62.2 Å². The third-order valence-corrected chi connectivity index (χ3v) is 7.16.